The van der Waals surface area contributed by atoms with Crippen LogP contribution in [-0.4, -0.2) is 245 Å². The molecule has 26 heteroatoms. The highest BCUT2D eigenvalue weighted by Gasteiger charge is 2.46. The second-order valence-corrected chi connectivity index (χ2v) is 28.5. The highest BCUT2D eigenvalue weighted by atomic mass is 16.6. The Morgan fingerprint density at radius 3 is 1.53 bits per heavy atom. The van der Waals surface area contributed by atoms with E-state index in [1.807, 2.05) is 71.9 Å². The monoisotopic (exact) mass is 1380 g/mol. The van der Waals surface area contributed by atoms with Crippen molar-refractivity contribution in [1.82, 2.24) is 55.6 Å². The third kappa shape index (κ3) is 24.7. The maximum Gasteiger partial charge on any atom is 0.246 e. The molecule has 554 valence electrons. The number of oxime groups is 1. The summed E-state index contributed by atoms with van der Waals surface area (Å²) in [7, 11) is 9.82. The van der Waals surface area contributed by atoms with E-state index in [4.69, 9.17) is 9.57 Å². The highest BCUT2D eigenvalue weighted by molar-refractivity contribution is 6.00. The van der Waals surface area contributed by atoms with Crippen LogP contribution in [0.3, 0.4) is 0 Å². The Hall–Kier alpha value is -7.48. The number of rotatable bonds is 22. The normalized spacial score (nSPS) is 26.0. The lowest BCUT2D eigenvalue weighted by molar-refractivity contribution is -0.157. The summed E-state index contributed by atoms with van der Waals surface area (Å²) in [4.78, 5) is 177. The molecule has 1 aliphatic rings. The molecule has 1 aromatic rings. The summed E-state index contributed by atoms with van der Waals surface area (Å²) in [6.45, 7) is 29.4. The number of allylic oxidation sites excluding steroid dienone is 2. The summed E-state index contributed by atoms with van der Waals surface area (Å²) >= 11 is 0. The number of unbranched alkanes of at least 4 members (excludes halogenated alkanes) is 1. The van der Waals surface area contributed by atoms with Crippen LogP contribution in [0.5, 0.6) is 0 Å². The number of carbonyl (C=O) groups excluding carboxylic acids is 11. The van der Waals surface area contributed by atoms with Crippen LogP contribution in [0, 0.1) is 35.5 Å². The second-order valence-electron chi connectivity index (χ2n) is 28.5. The molecule has 5 N–H and O–H groups in total. The lowest BCUT2D eigenvalue weighted by Gasteiger charge is -2.41. The first-order chi connectivity index (χ1) is 45.7. The minimum absolute atomic E-state index is 0.0246. The molecule has 14 atom stereocenters. The Bertz CT molecular complexity index is 2850. The molecule has 1 aliphatic heterocycles. The van der Waals surface area contributed by atoms with Gasteiger partial charge < -0.3 is 70.2 Å². The van der Waals surface area contributed by atoms with Crippen molar-refractivity contribution in [3.63, 3.8) is 0 Å². The number of hydrogen-bond acceptors (Lipinski definition) is 15. The van der Waals surface area contributed by atoms with Crippen LogP contribution in [0.4, 0.5) is 0 Å². The molecule has 1 aromatic carbocycles. The summed E-state index contributed by atoms with van der Waals surface area (Å²) in [6.07, 6.45) is 4.07. The van der Waals surface area contributed by atoms with Crippen LogP contribution in [0.25, 0.3) is 0 Å². The molecule has 0 spiro atoms. The number of benzene rings is 1. The van der Waals surface area contributed by atoms with Gasteiger partial charge in [-0.3, -0.25) is 52.7 Å². The molecule has 1 saturated heterocycles. The van der Waals surface area contributed by atoms with Gasteiger partial charge in [-0.25, -0.2) is 0 Å². The van der Waals surface area contributed by atoms with Gasteiger partial charge in [0.2, 0.25) is 65.0 Å². The Morgan fingerprint density at radius 2 is 1.01 bits per heavy atom. The first-order valence-electron chi connectivity index (χ1n) is 34.9. The van der Waals surface area contributed by atoms with Gasteiger partial charge in [-0.05, 0) is 121 Å². The minimum Gasteiger partial charge on any atom is -0.391 e. The van der Waals surface area contributed by atoms with Gasteiger partial charge in [0.05, 0.1) is 12.2 Å². The third-order valence-electron chi connectivity index (χ3n) is 18.3. The maximum absolute atomic E-state index is 15.3. The Labute approximate surface area is 584 Å². The zero-order chi connectivity index (χ0) is 74.9. The number of aliphatic hydroxyl groups excluding tert-OH is 1. The van der Waals surface area contributed by atoms with Crippen molar-refractivity contribution < 1.29 is 67.4 Å². The molecular weight excluding hydrogens is 1260 g/mol. The van der Waals surface area contributed by atoms with Gasteiger partial charge in [0.25, 0.3) is 0 Å². The molecular formula is C72H122N12O14. The van der Waals surface area contributed by atoms with Crippen LogP contribution in [0.1, 0.15) is 168 Å². The van der Waals surface area contributed by atoms with E-state index in [1.54, 1.807) is 73.8 Å². The second kappa shape index (κ2) is 41.2. The van der Waals surface area contributed by atoms with E-state index >= 15 is 24.0 Å². The zero-order valence-electron chi connectivity index (χ0n) is 63.3. The van der Waals surface area contributed by atoms with E-state index in [1.165, 1.54) is 89.7 Å². The molecule has 0 radical (unpaired) electrons. The van der Waals surface area contributed by atoms with E-state index in [0.29, 0.717) is 12.8 Å². The molecule has 0 bridgehead atoms. The van der Waals surface area contributed by atoms with Gasteiger partial charge in [0.15, 0.2) is 0 Å². The largest absolute Gasteiger partial charge is 0.391 e. The fraction of sp³-hybridized carbons (Fsp3) is 0.722. The number of aliphatic hydroxyl groups is 1. The Morgan fingerprint density at radius 1 is 0.520 bits per heavy atom. The molecule has 1 fully saturated rings. The van der Waals surface area contributed by atoms with Crippen molar-refractivity contribution in [2.75, 3.05) is 55.9 Å². The standard InChI is InChI=1S/C72H122N12O14/c1-25-27-33-47(13)61(85)60-65(89)76-53(26-2)68(92)78(18)50(16)67(91)83(23)59(51(17)97-37-32-31-36-73-98-41-52-34-29-28-30-35-52)64(88)77-57(45(9)10)71(95)79(19)54(38-42(3)4)63(87)74-48(14)62(86)75-49(15)66(90)80(20)55(39-43(5)6)69(93)81(21)56(40-44(7)8)70(94)82(22)58(46(11)12)72(96)84(60)24/h25,27-30,34-36,42-51,53-61,85H,26,31-33,37-41H2,1-24H3,(H,74,87)(H,75,86)(H,76,89)(H,77,88)/b27-25+,73-36+/t47-,48+,49+,50-,51-,53+,54-,55+,56-,57+,58+,59+,60+,61-/m1/s1. The van der Waals surface area contributed by atoms with Crippen molar-refractivity contribution in [3.05, 3.63) is 48.0 Å². The Kier molecular flexibility index (Phi) is 36.4. The van der Waals surface area contributed by atoms with Crippen molar-refractivity contribution in [1.29, 1.82) is 0 Å². The van der Waals surface area contributed by atoms with Crippen molar-refractivity contribution in [2.24, 2.45) is 40.7 Å². The first-order valence-corrected chi connectivity index (χ1v) is 34.9. The van der Waals surface area contributed by atoms with Gasteiger partial charge in [-0.1, -0.05) is 131 Å². The quantitative estimate of drug-likeness (QED) is 0.0442. The molecule has 0 saturated carbocycles. The van der Waals surface area contributed by atoms with Crippen molar-refractivity contribution >= 4 is 71.2 Å². The third-order valence-corrected chi connectivity index (χ3v) is 18.3. The number of nitrogens with one attached hydrogen (secondary N) is 4. The highest BCUT2D eigenvalue weighted by Crippen LogP contribution is 2.26. The lowest BCUT2D eigenvalue weighted by atomic mass is 9.91. The van der Waals surface area contributed by atoms with E-state index in [9.17, 15) is 33.9 Å². The molecule has 0 unspecified atom stereocenters. The number of likely N-dealkylation sites (N-methyl/N-ethyl adjacent to an activating group) is 7. The van der Waals surface area contributed by atoms with Gasteiger partial charge in [0, 0.05) is 62.2 Å². The summed E-state index contributed by atoms with van der Waals surface area (Å²) in [5, 5.41) is 27.3. The van der Waals surface area contributed by atoms with E-state index in [2.05, 4.69) is 26.4 Å². The van der Waals surface area contributed by atoms with Crippen molar-refractivity contribution in [3.8, 4) is 0 Å². The first kappa shape index (κ1) is 86.6. The zero-order valence-corrected chi connectivity index (χ0v) is 63.3. The Balaban J connectivity index is 2.99. The smallest absolute Gasteiger partial charge is 0.246 e. The number of carbonyl (C=O) groups is 11. The van der Waals surface area contributed by atoms with Crippen LogP contribution >= 0.6 is 0 Å². The minimum atomic E-state index is -1.65. The number of nitrogens with zero attached hydrogens (tertiary/aromatic N) is 8. The van der Waals surface area contributed by atoms with Crippen molar-refractivity contribution in [2.45, 2.75) is 248 Å². The summed E-state index contributed by atoms with van der Waals surface area (Å²) < 4.78 is 6.28. The molecule has 2 rings (SSSR count). The van der Waals surface area contributed by atoms with Crippen LogP contribution in [-0.2, 0) is 68.9 Å². The summed E-state index contributed by atoms with van der Waals surface area (Å²) in [5.74, 6) is -10.3. The fourth-order valence-electron chi connectivity index (χ4n) is 12.0. The van der Waals surface area contributed by atoms with Gasteiger partial charge >= 0.3 is 0 Å². The molecule has 0 aromatic heterocycles. The molecule has 11 amide bonds. The van der Waals surface area contributed by atoms with E-state index < -0.39 is 161 Å². The molecule has 0 aliphatic carbocycles. The predicted molar refractivity (Wildman–Crippen MR) is 378 cm³/mol. The topological polar surface area (TPSA) is 310 Å². The predicted octanol–water partition coefficient (Wildman–Crippen LogP) is 5.00. The fourth-order valence-corrected chi connectivity index (χ4v) is 12.0. The van der Waals surface area contributed by atoms with Gasteiger partial charge in [-0.15, -0.1) is 0 Å². The molecule has 26 nitrogen and oxygen atoms in total. The summed E-state index contributed by atoms with van der Waals surface area (Å²) in [5.41, 5.74) is 0.937. The average molecular weight is 1380 g/mol. The molecule has 98 heavy (non-hydrogen) atoms. The van der Waals surface area contributed by atoms with E-state index in [-0.39, 0.29) is 63.1 Å². The van der Waals surface area contributed by atoms with Gasteiger partial charge in [-0.2, -0.15) is 0 Å². The number of amides is 11. The number of hydrogen-bond donors (Lipinski definition) is 5. The lowest BCUT2D eigenvalue weighted by Crippen LogP contribution is -2.64. The average Bonchev–Trinajstić information content (AvgIpc) is 0.780. The molecule has 1 heterocycles. The van der Waals surface area contributed by atoms with Gasteiger partial charge in [0.1, 0.15) is 73.1 Å². The summed E-state index contributed by atoms with van der Waals surface area (Å²) in [6, 6.07) is -4.88. The number of ether oxygens (including phenoxy) is 1. The van der Waals surface area contributed by atoms with E-state index in [0.717, 1.165) is 20.3 Å². The maximum atomic E-state index is 15.3. The van der Waals surface area contributed by atoms with Crippen LogP contribution < -0.4 is 21.3 Å². The SMILES string of the molecule is C/C=C/C[C@@H](C)[C@@H](O)[C@H]1C(=O)N[C@@H](CC)C(=O)N(C)[C@H](C)C(=O)N(C)[C@@H]([C@@H](C)OCCC/C=N/OCc2ccccc2)C(=O)N[C@@H](C(C)C)C(=O)N(C)[C@H](CC(C)C)C(=O)N[C@@H](C)C(=O)N[C@@H](C)C(=O)N(C)[C@@H](CC(C)C)C(=O)N(C)[C@H](CC(C)C)C(=O)N(C)[C@@H](C(C)C)C(=O)N1C. The van der Waals surface area contributed by atoms with Crippen LogP contribution in [0.2, 0.25) is 0 Å². The van der Waals surface area contributed by atoms with Crippen LogP contribution in [0.15, 0.2) is 47.6 Å².